The summed E-state index contributed by atoms with van der Waals surface area (Å²) in [5.41, 5.74) is 9.50. The normalized spacial score (nSPS) is 10.7. The maximum atomic E-state index is 6.08. The number of rotatable bonds is 2. The van der Waals surface area contributed by atoms with Gasteiger partial charge in [0.25, 0.3) is 0 Å². The number of nitrogen functional groups attached to an aromatic ring is 1. The number of anilines is 1. The highest BCUT2D eigenvalue weighted by molar-refractivity contribution is 5.86. The van der Waals surface area contributed by atoms with Crippen LogP contribution in [0, 0.1) is 0 Å². The molecule has 3 rings (SSSR count). The minimum atomic E-state index is 0.604. The highest BCUT2D eigenvalue weighted by Crippen LogP contribution is 2.34. The van der Waals surface area contributed by atoms with Crippen LogP contribution in [0.2, 0.25) is 0 Å². The second-order valence-electron chi connectivity index (χ2n) is 3.94. The SMILES string of the molecule is Cn1nc(-c2ccn[nH]2)c(-c2cccnc2)c1N. The van der Waals surface area contributed by atoms with Gasteiger partial charge in [-0.1, -0.05) is 6.07 Å². The Hall–Kier alpha value is -2.63. The zero-order valence-corrected chi connectivity index (χ0v) is 9.83. The maximum absolute atomic E-state index is 6.08. The quantitative estimate of drug-likeness (QED) is 0.710. The first-order valence-corrected chi connectivity index (χ1v) is 5.50. The van der Waals surface area contributed by atoms with E-state index in [9.17, 15) is 0 Å². The highest BCUT2D eigenvalue weighted by Gasteiger charge is 2.18. The molecule has 0 saturated heterocycles. The first-order chi connectivity index (χ1) is 8.77. The van der Waals surface area contributed by atoms with E-state index in [-0.39, 0.29) is 0 Å². The van der Waals surface area contributed by atoms with Gasteiger partial charge in [0.05, 0.1) is 11.3 Å². The molecule has 3 heterocycles. The van der Waals surface area contributed by atoms with Gasteiger partial charge in [0.15, 0.2) is 0 Å². The standard InChI is InChI=1S/C12H12N6/c1-18-12(13)10(8-3-2-5-14-7-8)11(17-18)9-4-6-15-16-9/h2-7H,13H2,1H3,(H,15,16). The average molecular weight is 240 g/mol. The molecule has 6 heteroatoms. The first kappa shape index (κ1) is 10.5. The molecule has 0 saturated carbocycles. The van der Waals surface area contributed by atoms with Crippen LogP contribution in [0.5, 0.6) is 0 Å². The smallest absolute Gasteiger partial charge is 0.130 e. The van der Waals surface area contributed by atoms with Crippen LogP contribution in [0.25, 0.3) is 22.5 Å². The third-order valence-corrected chi connectivity index (χ3v) is 2.80. The predicted octanol–water partition coefficient (Wildman–Crippen LogP) is 1.45. The molecule has 0 aliphatic rings. The molecule has 0 atom stereocenters. The third-order valence-electron chi connectivity index (χ3n) is 2.80. The summed E-state index contributed by atoms with van der Waals surface area (Å²) in [5.74, 6) is 0.604. The van der Waals surface area contributed by atoms with Crippen molar-refractivity contribution >= 4 is 5.82 Å². The zero-order chi connectivity index (χ0) is 12.5. The number of hydrogen-bond acceptors (Lipinski definition) is 4. The van der Waals surface area contributed by atoms with Gasteiger partial charge < -0.3 is 5.73 Å². The molecule has 0 aliphatic heterocycles. The summed E-state index contributed by atoms with van der Waals surface area (Å²) >= 11 is 0. The van der Waals surface area contributed by atoms with Crippen LogP contribution in [-0.2, 0) is 7.05 Å². The van der Waals surface area contributed by atoms with Crippen molar-refractivity contribution in [1.29, 1.82) is 0 Å². The van der Waals surface area contributed by atoms with Gasteiger partial charge in [0.2, 0.25) is 0 Å². The highest BCUT2D eigenvalue weighted by atomic mass is 15.3. The summed E-state index contributed by atoms with van der Waals surface area (Å²) in [5, 5.41) is 11.3. The fourth-order valence-electron chi connectivity index (χ4n) is 1.91. The van der Waals surface area contributed by atoms with E-state index in [1.165, 1.54) is 0 Å². The zero-order valence-electron chi connectivity index (χ0n) is 9.83. The lowest BCUT2D eigenvalue weighted by molar-refractivity contribution is 0.781. The Morgan fingerprint density at radius 3 is 2.83 bits per heavy atom. The van der Waals surface area contributed by atoms with E-state index < -0.39 is 0 Å². The largest absolute Gasteiger partial charge is 0.383 e. The van der Waals surface area contributed by atoms with Crippen molar-refractivity contribution in [2.75, 3.05) is 5.73 Å². The van der Waals surface area contributed by atoms with Gasteiger partial charge in [-0.05, 0) is 12.1 Å². The van der Waals surface area contributed by atoms with Crippen molar-refractivity contribution in [3.8, 4) is 22.5 Å². The molecule has 0 radical (unpaired) electrons. The molecule has 0 bridgehead atoms. The second kappa shape index (κ2) is 3.99. The number of hydrogen-bond donors (Lipinski definition) is 2. The Bertz CT molecular complexity index is 653. The Balaban J connectivity index is 2.26. The molecule has 0 fully saturated rings. The maximum Gasteiger partial charge on any atom is 0.130 e. The first-order valence-electron chi connectivity index (χ1n) is 5.50. The van der Waals surface area contributed by atoms with Crippen LogP contribution in [0.4, 0.5) is 5.82 Å². The van der Waals surface area contributed by atoms with Gasteiger partial charge in [0.1, 0.15) is 11.5 Å². The molecule has 0 aromatic carbocycles. The number of pyridine rings is 1. The number of aryl methyl sites for hydroxylation is 1. The predicted molar refractivity (Wildman–Crippen MR) is 68.4 cm³/mol. The molecular weight excluding hydrogens is 228 g/mol. The van der Waals surface area contributed by atoms with Crippen molar-refractivity contribution in [2.45, 2.75) is 0 Å². The van der Waals surface area contributed by atoms with E-state index >= 15 is 0 Å². The fraction of sp³-hybridized carbons (Fsp3) is 0.0833. The molecular formula is C12H12N6. The van der Waals surface area contributed by atoms with Crippen LogP contribution in [0.15, 0.2) is 36.8 Å². The number of aromatic amines is 1. The average Bonchev–Trinajstić information content (AvgIpc) is 3.00. The molecule has 18 heavy (non-hydrogen) atoms. The number of nitrogens with one attached hydrogen (secondary N) is 1. The second-order valence-corrected chi connectivity index (χ2v) is 3.94. The van der Waals surface area contributed by atoms with Crippen LogP contribution in [0.3, 0.4) is 0 Å². The van der Waals surface area contributed by atoms with Crippen LogP contribution >= 0.6 is 0 Å². The van der Waals surface area contributed by atoms with Crippen molar-refractivity contribution in [3.05, 3.63) is 36.8 Å². The van der Waals surface area contributed by atoms with Gasteiger partial charge in [0, 0.05) is 31.2 Å². The lowest BCUT2D eigenvalue weighted by Gasteiger charge is -2.01. The molecule has 90 valence electrons. The van der Waals surface area contributed by atoms with Crippen LogP contribution in [0.1, 0.15) is 0 Å². The minimum absolute atomic E-state index is 0.604. The molecule has 0 spiro atoms. The van der Waals surface area contributed by atoms with Gasteiger partial charge in [-0.25, -0.2) is 0 Å². The summed E-state index contributed by atoms with van der Waals surface area (Å²) < 4.78 is 1.65. The molecule has 3 N–H and O–H groups in total. The van der Waals surface area contributed by atoms with E-state index in [2.05, 4.69) is 20.3 Å². The van der Waals surface area contributed by atoms with Crippen molar-refractivity contribution < 1.29 is 0 Å². The number of aromatic nitrogens is 5. The summed E-state index contributed by atoms with van der Waals surface area (Å²) in [4.78, 5) is 4.12. The number of H-pyrrole nitrogens is 1. The Kier molecular flexibility index (Phi) is 2.33. The van der Waals surface area contributed by atoms with E-state index in [0.717, 1.165) is 22.5 Å². The van der Waals surface area contributed by atoms with Crippen LogP contribution < -0.4 is 5.73 Å². The van der Waals surface area contributed by atoms with Gasteiger partial charge in [-0.15, -0.1) is 0 Å². The van der Waals surface area contributed by atoms with E-state index in [4.69, 9.17) is 5.73 Å². The van der Waals surface area contributed by atoms with E-state index in [1.807, 2.05) is 25.2 Å². The van der Waals surface area contributed by atoms with Gasteiger partial charge in [-0.3, -0.25) is 14.8 Å². The van der Waals surface area contributed by atoms with E-state index in [0.29, 0.717) is 5.82 Å². The summed E-state index contributed by atoms with van der Waals surface area (Å²) in [6, 6.07) is 5.69. The van der Waals surface area contributed by atoms with E-state index in [1.54, 1.807) is 23.3 Å². The van der Waals surface area contributed by atoms with Crippen LogP contribution in [-0.4, -0.2) is 25.0 Å². The van der Waals surface area contributed by atoms with Gasteiger partial charge in [-0.2, -0.15) is 10.2 Å². The summed E-state index contributed by atoms with van der Waals surface area (Å²) in [7, 11) is 1.81. The monoisotopic (exact) mass is 240 g/mol. The molecule has 0 aliphatic carbocycles. The lowest BCUT2D eigenvalue weighted by Crippen LogP contribution is -1.98. The van der Waals surface area contributed by atoms with Gasteiger partial charge >= 0.3 is 0 Å². The fourth-order valence-corrected chi connectivity index (χ4v) is 1.91. The van der Waals surface area contributed by atoms with Crippen molar-refractivity contribution in [2.24, 2.45) is 7.05 Å². The third kappa shape index (κ3) is 1.55. The number of nitrogens with two attached hydrogens (primary N) is 1. The Labute approximate surface area is 103 Å². The minimum Gasteiger partial charge on any atom is -0.383 e. The molecule has 6 nitrogen and oxygen atoms in total. The molecule has 3 aromatic rings. The summed E-state index contributed by atoms with van der Waals surface area (Å²) in [6.45, 7) is 0. The van der Waals surface area contributed by atoms with Crippen molar-refractivity contribution in [1.82, 2.24) is 25.0 Å². The summed E-state index contributed by atoms with van der Waals surface area (Å²) in [6.07, 6.45) is 5.19. The lowest BCUT2D eigenvalue weighted by atomic mass is 10.1. The molecule has 0 amide bonds. The Morgan fingerprint density at radius 1 is 1.28 bits per heavy atom. The topological polar surface area (TPSA) is 85.4 Å². The Morgan fingerprint density at radius 2 is 2.17 bits per heavy atom. The molecule has 3 aromatic heterocycles. The van der Waals surface area contributed by atoms with Crippen molar-refractivity contribution in [3.63, 3.8) is 0 Å². The number of nitrogens with zero attached hydrogens (tertiary/aromatic N) is 4. The molecule has 0 unspecified atom stereocenters.